The summed E-state index contributed by atoms with van der Waals surface area (Å²) in [6.07, 6.45) is 0. The normalized spacial score (nSPS) is 11.0. The number of amides is 1. The zero-order chi connectivity index (χ0) is 19.5. The highest BCUT2D eigenvalue weighted by atomic mass is 16.5. The van der Waals surface area contributed by atoms with Crippen LogP contribution in [0, 0.1) is 12.3 Å². The van der Waals surface area contributed by atoms with Gasteiger partial charge in [-0.25, -0.2) is 0 Å². The maximum absolute atomic E-state index is 12.6. The molecule has 2 aromatic carbocycles. The Morgan fingerprint density at radius 1 is 0.923 bits per heavy atom. The number of hydrogen-bond acceptors (Lipinski definition) is 4. The minimum Gasteiger partial charge on any atom is -0.497 e. The highest BCUT2D eigenvalue weighted by Gasteiger charge is 2.23. The lowest BCUT2D eigenvalue weighted by molar-refractivity contribution is -0.123. The number of ether oxygens (including phenoxy) is 3. The first-order valence-electron chi connectivity index (χ1n) is 8.43. The molecule has 2 aromatic rings. The molecule has 2 rings (SSSR count). The van der Waals surface area contributed by atoms with E-state index in [0.717, 1.165) is 28.1 Å². The maximum atomic E-state index is 12.6. The van der Waals surface area contributed by atoms with Crippen molar-refractivity contribution in [3.05, 3.63) is 35.9 Å². The summed E-state index contributed by atoms with van der Waals surface area (Å²) in [5.41, 5.74) is 2.94. The summed E-state index contributed by atoms with van der Waals surface area (Å²) in [4.78, 5) is 12.6. The minimum atomic E-state index is -0.499. The van der Waals surface area contributed by atoms with Crippen LogP contribution in [0.2, 0.25) is 0 Å². The van der Waals surface area contributed by atoms with Crippen molar-refractivity contribution in [2.75, 3.05) is 26.6 Å². The van der Waals surface area contributed by atoms with Gasteiger partial charge in [-0.1, -0.05) is 26.8 Å². The first-order valence-corrected chi connectivity index (χ1v) is 8.43. The molecule has 0 fully saturated rings. The Labute approximate surface area is 155 Å². The van der Waals surface area contributed by atoms with Gasteiger partial charge in [0.1, 0.15) is 5.75 Å². The topological polar surface area (TPSA) is 56.8 Å². The molecule has 0 atom stereocenters. The van der Waals surface area contributed by atoms with E-state index in [1.165, 1.54) is 0 Å². The van der Waals surface area contributed by atoms with E-state index < -0.39 is 5.41 Å². The van der Waals surface area contributed by atoms with E-state index in [1.54, 1.807) is 21.3 Å². The molecule has 0 aliphatic heterocycles. The number of rotatable bonds is 5. The summed E-state index contributed by atoms with van der Waals surface area (Å²) < 4.78 is 16.1. The first kappa shape index (κ1) is 19.6. The first-order chi connectivity index (χ1) is 12.2. The lowest BCUT2D eigenvalue weighted by Gasteiger charge is -2.22. The summed E-state index contributed by atoms with van der Waals surface area (Å²) in [5.74, 6) is 1.95. The second-order valence-electron chi connectivity index (χ2n) is 7.14. The predicted octanol–water partition coefficient (Wildman–Crippen LogP) is 4.67. The van der Waals surface area contributed by atoms with Crippen LogP contribution in [0.25, 0.3) is 11.1 Å². The monoisotopic (exact) mass is 357 g/mol. The number of nitrogens with one attached hydrogen (secondary N) is 1. The molecule has 5 heteroatoms. The Balaban J connectivity index is 2.62. The number of carbonyl (C=O) groups is 1. The second kappa shape index (κ2) is 7.68. The van der Waals surface area contributed by atoms with Crippen molar-refractivity contribution < 1.29 is 19.0 Å². The molecule has 0 spiro atoms. The Kier molecular flexibility index (Phi) is 5.80. The molecular formula is C21H27NO4. The van der Waals surface area contributed by atoms with Gasteiger partial charge in [-0.3, -0.25) is 4.79 Å². The van der Waals surface area contributed by atoms with E-state index in [4.69, 9.17) is 14.2 Å². The van der Waals surface area contributed by atoms with Crippen molar-refractivity contribution >= 4 is 11.6 Å². The highest BCUT2D eigenvalue weighted by Crippen LogP contribution is 2.39. The number of carbonyl (C=O) groups excluding carboxylic acids is 1. The zero-order valence-corrected chi connectivity index (χ0v) is 16.5. The molecule has 0 aliphatic rings. The van der Waals surface area contributed by atoms with Crippen molar-refractivity contribution in [2.24, 2.45) is 5.41 Å². The molecule has 0 saturated heterocycles. The molecule has 0 unspecified atom stereocenters. The van der Waals surface area contributed by atoms with Gasteiger partial charge in [0.05, 0.1) is 27.0 Å². The van der Waals surface area contributed by atoms with Crippen LogP contribution in [-0.4, -0.2) is 27.2 Å². The molecule has 0 aromatic heterocycles. The third-order valence-electron chi connectivity index (χ3n) is 4.16. The Bertz CT molecular complexity index is 806. The van der Waals surface area contributed by atoms with Gasteiger partial charge in [0.2, 0.25) is 5.91 Å². The van der Waals surface area contributed by atoms with Gasteiger partial charge in [-0.15, -0.1) is 0 Å². The molecule has 5 nitrogen and oxygen atoms in total. The van der Waals surface area contributed by atoms with E-state index in [2.05, 4.69) is 5.32 Å². The summed E-state index contributed by atoms with van der Waals surface area (Å²) in [5, 5.41) is 3.07. The van der Waals surface area contributed by atoms with Crippen LogP contribution < -0.4 is 19.5 Å². The van der Waals surface area contributed by atoms with Crippen LogP contribution >= 0.6 is 0 Å². The molecule has 0 heterocycles. The van der Waals surface area contributed by atoms with E-state index in [9.17, 15) is 4.79 Å². The van der Waals surface area contributed by atoms with Crippen molar-refractivity contribution in [3.63, 3.8) is 0 Å². The molecule has 0 saturated carbocycles. The summed E-state index contributed by atoms with van der Waals surface area (Å²) >= 11 is 0. The molecule has 0 radical (unpaired) electrons. The molecule has 140 valence electrons. The van der Waals surface area contributed by atoms with Gasteiger partial charge in [-0.05, 0) is 42.3 Å². The largest absolute Gasteiger partial charge is 0.497 e. The fourth-order valence-electron chi connectivity index (χ4n) is 2.57. The average molecular weight is 357 g/mol. The highest BCUT2D eigenvalue weighted by molar-refractivity contribution is 5.99. The number of aryl methyl sites for hydroxylation is 1. The zero-order valence-electron chi connectivity index (χ0n) is 16.5. The minimum absolute atomic E-state index is 0.0486. The third-order valence-corrected chi connectivity index (χ3v) is 4.16. The molecular weight excluding hydrogens is 330 g/mol. The number of benzene rings is 2. The quantitative estimate of drug-likeness (QED) is 0.845. The molecule has 26 heavy (non-hydrogen) atoms. The maximum Gasteiger partial charge on any atom is 0.229 e. The van der Waals surface area contributed by atoms with Crippen molar-refractivity contribution in [3.8, 4) is 28.4 Å². The van der Waals surface area contributed by atoms with Gasteiger partial charge >= 0.3 is 0 Å². The predicted molar refractivity (Wildman–Crippen MR) is 104 cm³/mol. The van der Waals surface area contributed by atoms with E-state index in [1.807, 2.05) is 58.0 Å². The Morgan fingerprint density at radius 2 is 1.58 bits per heavy atom. The van der Waals surface area contributed by atoms with Gasteiger partial charge in [0.25, 0.3) is 0 Å². The Morgan fingerprint density at radius 3 is 2.12 bits per heavy atom. The van der Waals surface area contributed by atoms with Crippen LogP contribution in [-0.2, 0) is 4.79 Å². The van der Waals surface area contributed by atoms with Crippen molar-refractivity contribution in [2.45, 2.75) is 27.7 Å². The third kappa shape index (κ3) is 4.10. The fraction of sp³-hybridized carbons (Fsp3) is 0.381. The smallest absolute Gasteiger partial charge is 0.229 e. The second-order valence-corrected chi connectivity index (χ2v) is 7.14. The summed E-state index contributed by atoms with van der Waals surface area (Å²) in [6, 6.07) is 9.48. The lowest BCUT2D eigenvalue weighted by atomic mass is 9.94. The lowest BCUT2D eigenvalue weighted by Crippen LogP contribution is -2.28. The fourth-order valence-corrected chi connectivity index (χ4v) is 2.57. The standard InChI is InChI=1S/C21H27NO4/c1-13-10-15(24-5)12-16(19(13)22-20(23)21(2,3)4)14-8-9-17(25-6)18(11-14)26-7/h8-12H,1-7H3,(H,22,23). The number of methoxy groups -OCH3 is 3. The summed E-state index contributed by atoms with van der Waals surface area (Å²) in [7, 11) is 4.82. The molecule has 0 aliphatic carbocycles. The van der Waals surface area contributed by atoms with Crippen LogP contribution in [0.4, 0.5) is 5.69 Å². The van der Waals surface area contributed by atoms with Gasteiger partial charge in [0.15, 0.2) is 11.5 Å². The van der Waals surface area contributed by atoms with E-state index in [0.29, 0.717) is 11.5 Å². The van der Waals surface area contributed by atoms with Gasteiger partial charge in [-0.2, -0.15) is 0 Å². The van der Waals surface area contributed by atoms with Crippen LogP contribution in [0.5, 0.6) is 17.2 Å². The van der Waals surface area contributed by atoms with Crippen molar-refractivity contribution in [1.82, 2.24) is 0 Å². The number of hydrogen-bond donors (Lipinski definition) is 1. The van der Waals surface area contributed by atoms with Crippen molar-refractivity contribution in [1.29, 1.82) is 0 Å². The molecule has 1 amide bonds. The van der Waals surface area contributed by atoms with Gasteiger partial charge in [0, 0.05) is 11.0 Å². The van der Waals surface area contributed by atoms with Crippen LogP contribution in [0.1, 0.15) is 26.3 Å². The van der Waals surface area contributed by atoms with Gasteiger partial charge < -0.3 is 19.5 Å². The Hall–Kier alpha value is -2.69. The summed E-state index contributed by atoms with van der Waals surface area (Å²) in [6.45, 7) is 7.61. The van der Waals surface area contributed by atoms with E-state index >= 15 is 0 Å². The number of anilines is 1. The molecule has 0 bridgehead atoms. The molecule has 1 N–H and O–H groups in total. The van der Waals surface area contributed by atoms with Crippen LogP contribution in [0.3, 0.4) is 0 Å². The average Bonchev–Trinajstić information content (AvgIpc) is 2.61. The SMILES string of the molecule is COc1cc(C)c(NC(=O)C(C)(C)C)c(-c2ccc(OC)c(OC)c2)c1. The van der Waals surface area contributed by atoms with E-state index in [-0.39, 0.29) is 5.91 Å². The van der Waals surface area contributed by atoms with Crippen LogP contribution in [0.15, 0.2) is 30.3 Å².